The number of guanidine groups is 1. The number of nitrogens with one attached hydrogen (secondary N) is 2. The van der Waals surface area contributed by atoms with Gasteiger partial charge in [-0.05, 0) is 24.6 Å². The number of urea groups is 1. The van der Waals surface area contributed by atoms with Gasteiger partial charge in [-0.25, -0.2) is 15.2 Å². The van der Waals surface area contributed by atoms with Gasteiger partial charge in [-0.15, -0.1) is 0 Å². The van der Waals surface area contributed by atoms with E-state index in [4.69, 9.17) is 16.3 Å². The molecule has 27 heavy (non-hydrogen) atoms. The van der Waals surface area contributed by atoms with E-state index in [9.17, 15) is 9.59 Å². The normalized spacial score (nSPS) is 22.5. The Kier molecular flexibility index (Phi) is 5.62. The second kappa shape index (κ2) is 7.93. The van der Waals surface area contributed by atoms with E-state index in [0.717, 1.165) is 11.3 Å². The number of hydrogen-bond acceptors (Lipinski definition) is 7. The molecule has 1 aromatic carbocycles. The van der Waals surface area contributed by atoms with Crippen LogP contribution in [0.1, 0.15) is 12.5 Å². The molecule has 1 fully saturated rings. The Morgan fingerprint density at radius 2 is 2.07 bits per heavy atom. The number of benzene rings is 1. The fraction of sp³-hybridized carbons (Fsp3) is 0.412. The second-order valence-electron chi connectivity index (χ2n) is 6.22. The Morgan fingerprint density at radius 3 is 2.74 bits per heavy atom. The predicted molar refractivity (Wildman–Crippen MR) is 102 cm³/mol. The summed E-state index contributed by atoms with van der Waals surface area (Å²) in [7, 11) is 3.18. The van der Waals surface area contributed by atoms with Gasteiger partial charge in [-0.2, -0.15) is 5.10 Å². The molecular formula is C17H21ClN6O3. The van der Waals surface area contributed by atoms with Crippen molar-refractivity contribution in [1.82, 2.24) is 20.5 Å². The molecule has 9 nitrogen and oxygen atoms in total. The maximum Gasteiger partial charge on any atom is 0.325 e. The van der Waals surface area contributed by atoms with E-state index in [1.54, 1.807) is 31.2 Å². The summed E-state index contributed by atoms with van der Waals surface area (Å²) in [5.74, 6) is 0.0187. The van der Waals surface area contributed by atoms with E-state index in [0.29, 0.717) is 24.1 Å². The average Bonchev–Trinajstić information content (AvgIpc) is 3.02. The van der Waals surface area contributed by atoms with Crippen molar-refractivity contribution in [3.8, 4) is 0 Å². The van der Waals surface area contributed by atoms with Crippen LogP contribution in [0.5, 0.6) is 0 Å². The number of hydrazone groups is 1. The van der Waals surface area contributed by atoms with Crippen molar-refractivity contribution in [3.05, 3.63) is 34.9 Å². The molecule has 2 aliphatic heterocycles. The largest absolute Gasteiger partial charge is 0.383 e. The van der Waals surface area contributed by atoms with Crippen molar-refractivity contribution in [1.29, 1.82) is 0 Å². The van der Waals surface area contributed by atoms with Crippen molar-refractivity contribution in [2.24, 2.45) is 10.1 Å². The van der Waals surface area contributed by atoms with Gasteiger partial charge >= 0.3 is 6.03 Å². The first-order valence-corrected chi connectivity index (χ1v) is 8.77. The third-order valence-corrected chi connectivity index (χ3v) is 4.73. The highest BCUT2D eigenvalue weighted by Crippen LogP contribution is 2.23. The van der Waals surface area contributed by atoms with Gasteiger partial charge in [0.15, 0.2) is 12.2 Å². The molecule has 2 heterocycles. The zero-order chi connectivity index (χ0) is 19.6. The molecule has 1 saturated heterocycles. The minimum atomic E-state index is -0.628. The van der Waals surface area contributed by atoms with Crippen LogP contribution in [-0.4, -0.2) is 72.9 Å². The van der Waals surface area contributed by atoms with Crippen LogP contribution in [0.3, 0.4) is 0 Å². The second-order valence-corrected chi connectivity index (χ2v) is 6.66. The third-order valence-electron chi connectivity index (χ3n) is 4.48. The maximum atomic E-state index is 12.4. The number of amides is 3. The highest BCUT2D eigenvalue weighted by Gasteiger charge is 2.48. The van der Waals surface area contributed by atoms with Crippen LogP contribution in [0, 0.1) is 0 Å². The van der Waals surface area contributed by atoms with Crippen LogP contribution < -0.4 is 10.7 Å². The zero-order valence-corrected chi connectivity index (χ0v) is 16.0. The van der Waals surface area contributed by atoms with E-state index in [2.05, 4.69) is 20.8 Å². The number of methoxy groups -OCH3 is 1. The van der Waals surface area contributed by atoms with Crippen molar-refractivity contribution in [3.63, 3.8) is 0 Å². The first-order valence-electron chi connectivity index (χ1n) is 8.39. The molecule has 2 N–H and O–H groups in total. The van der Waals surface area contributed by atoms with E-state index in [1.165, 1.54) is 4.90 Å². The van der Waals surface area contributed by atoms with E-state index >= 15 is 0 Å². The molecule has 0 bridgehead atoms. The van der Waals surface area contributed by atoms with Crippen molar-refractivity contribution >= 4 is 35.2 Å². The molecule has 2 atom stereocenters. The molecule has 0 saturated carbocycles. The topological polar surface area (TPSA) is 98.6 Å². The Hall–Kier alpha value is -2.65. The summed E-state index contributed by atoms with van der Waals surface area (Å²) >= 11 is 5.91. The fourth-order valence-corrected chi connectivity index (χ4v) is 3.07. The van der Waals surface area contributed by atoms with Gasteiger partial charge < -0.3 is 14.5 Å². The van der Waals surface area contributed by atoms with Gasteiger partial charge in [0.1, 0.15) is 0 Å². The van der Waals surface area contributed by atoms with Gasteiger partial charge in [0.25, 0.3) is 5.91 Å². The highest BCUT2D eigenvalue weighted by atomic mass is 35.5. The molecular weight excluding hydrogens is 372 g/mol. The number of fused-ring (bicyclic) bond motifs is 1. The number of ether oxygens (including phenoxy) is 1. The first-order chi connectivity index (χ1) is 12.9. The Labute approximate surface area is 162 Å². The molecule has 10 heteroatoms. The smallest absolute Gasteiger partial charge is 0.325 e. The van der Waals surface area contributed by atoms with E-state index < -0.39 is 24.1 Å². The van der Waals surface area contributed by atoms with Crippen molar-refractivity contribution in [2.45, 2.75) is 19.1 Å². The van der Waals surface area contributed by atoms with Crippen LogP contribution in [0.15, 0.2) is 34.4 Å². The summed E-state index contributed by atoms with van der Waals surface area (Å²) in [6, 6.07) is 6.19. The summed E-state index contributed by atoms with van der Waals surface area (Å²) in [6.07, 6.45) is -0.614. The number of nitrogens with zero attached hydrogens (tertiary/aromatic N) is 4. The monoisotopic (exact) mass is 392 g/mol. The molecule has 0 radical (unpaired) electrons. The number of likely N-dealkylation sites (N-methyl/N-ethyl adjacent to an activating group) is 1. The van der Waals surface area contributed by atoms with Gasteiger partial charge in [-0.3, -0.25) is 10.1 Å². The molecule has 2 unspecified atom stereocenters. The molecule has 1 aromatic rings. The first kappa shape index (κ1) is 19.1. The molecule has 3 amide bonds. The van der Waals surface area contributed by atoms with Gasteiger partial charge in [-0.1, -0.05) is 23.7 Å². The molecule has 0 aromatic heterocycles. The van der Waals surface area contributed by atoms with Crippen molar-refractivity contribution in [2.75, 3.05) is 27.3 Å². The van der Waals surface area contributed by atoms with Crippen molar-refractivity contribution < 1.29 is 14.3 Å². The Bertz CT molecular complexity index is 794. The van der Waals surface area contributed by atoms with Crippen LogP contribution in [0.2, 0.25) is 5.02 Å². The number of carbonyl (C=O) groups excluding carboxylic acids is 2. The SMILES string of the molecule is COCCN1C(N/N=C(\C)c2ccc(Cl)cc2)=NC2C1C(=O)NC(=O)N2C. The number of halogens is 1. The average molecular weight is 393 g/mol. The fourth-order valence-electron chi connectivity index (χ4n) is 2.94. The Morgan fingerprint density at radius 1 is 1.37 bits per heavy atom. The lowest BCUT2D eigenvalue weighted by Gasteiger charge is -2.35. The molecule has 144 valence electrons. The van der Waals surface area contributed by atoms with Gasteiger partial charge in [0, 0.05) is 25.7 Å². The third kappa shape index (κ3) is 3.88. The van der Waals surface area contributed by atoms with Crippen LogP contribution in [0.25, 0.3) is 0 Å². The summed E-state index contributed by atoms with van der Waals surface area (Å²) in [6.45, 7) is 2.67. The summed E-state index contributed by atoms with van der Waals surface area (Å²) in [4.78, 5) is 31.9. The number of rotatable bonds is 5. The summed E-state index contributed by atoms with van der Waals surface area (Å²) < 4.78 is 5.14. The Balaban J connectivity index is 1.82. The predicted octanol–water partition coefficient (Wildman–Crippen LogP) is 0.848. The number of hydrogen-bond donors (Lipinski definition) is 2. The zero-order valence-electron chi connectivity index (χ0n) is 15.3. The molecule has 0 aliphatic carbocycles. The molecule has 3 rings (SSSR count). The van der Waals surface area contributed by atoms with Gasteiger partial charge in [0.05, 0.1) is 12.3 Å². The highest BCUT2D eigenvalue weighted by molar-refractivity contribution is 6.30. The van der Waals surface area contributed by atoms with Gasteiger partial charge in [0.2, 0.25) is 5.96 Å². The quantitative estimate of drug-likeness (QED) is 0.571. The molecule has 2 aliphatic rings. The summed E-state index contributed by atoms with van der Waals surface area (Å²) in [5, 5.41) is 7.35. The lowest BCUT2D eigenvalue weighted by atomic mass is 10.1. The van der Waals surface area contributed by atoms with E-state index in [-0.39, 0.29) is 0 Å². The molecule has 0 spiro atoms. The lowest BCUT2D eigenvalue weighted by Crippen LogP contribution is -2.64. The number of imide groups is 1. The maximum absolute atomic E-state index is 12.4. The lowest BCUT2D eigenvalue weighted by molar-refractivity contribution is -0.127. The minimum absolute atomic E-state index is 0.391. The van der Waals surface area contributed by atoms with Crippen LogP contribution >= 0.6 is 11.6 Å². The minimum Gasteiger partial charge on any atom is -0.383 e. The number of aliphatic imine (C=N–C) groups is 1. The summed E-state index contributed by atoms with van der Waals surface area (Å²) in [5.41, 5.74) is 4.55. The van der Waals surface area contributed by atoms with E-state index in [1.807, 2.05) is 19.1 Å². The van der Waals surface area contributed by atoms with Crippen LogP contribution in [-0.2, 0) is 9.53 Å². The standard InChI is InChI=1S/C17H21ClN6O3/c1-10(11-4-6-12(18)7-5-11)21-22-16-19-14-13(24(16)8-9-27-3)15(25)20-17(26)23(14)2/h4-7,13-14H,8-9H2,1-3H3,(H,19,22)(H,20,25,26)/b21-10+. The van der Waals surface area contributed by atoms with Crippen LogP contribution in [0.4, 0.5) is 4.79 Å². The number of carbonyl (C=O) groups is 2.